The summed E-state index contributed by atoms with van der Waals surface area (Å²) in [4.78, 5) is 0. The quantitative estimate of drug-likeness (QED) is 0.624. The van der Waals surface area contributed by atoms with Crippen molar-refractivity contribution in [3.05, 3.63) is 29.1 Å². The van der Waals surface area contributed by atoms with Gasteiger partial charge in [-0.15, -0.1) is 0 Å². The van der Waals surface area contributed by atoms with Crippen LogP contribution in [0.25, 0.3) is 0 Å². The molecule has 0 amide bonds. The molecule has 0 aromatic heterocycles. The van der Waals surface area contributed by atoms with Gasteiger partial charge in [-0.05, 0) is 12.1 Å². The van der Waals surface area contributed by atoms with Crippen LogP contribution >= 0.6 is 0 Å². The van der Waals surface area contributed by atoms with E-state index in [0.717, 1.165) is 6.07 Å². The monoisotopic (exact) mass is 162 g/mol. The summed E-state index contributed by atoms with van der Waals surface area (Å²) in [5.74, 6) is -1.66. The van der Waals surface area contributed by atoms with Crippen LogP contribution in [-0.2, 0) is 0 Å². The van der Waals surface area contributed by atoms with Crippen molar-refractivity contribution in [1.29, 1.82) is 10.5 Å². The molecule has 0 atom stereocenters. The van der Waals surface area contributed by atoms with Crippen molar-refractivity contribution in [2.75, 3.05) is 0 Å². The van der Waals surface area contributed by atoms with E-state index in [2.05, 4.69) is 0 Å². The largest absolute Gasteiger partial charge is 0.505 e. The van der Waals surface area contributed by atoms with Crippen molar-refractivity contribution in [3.63, 3.8) is 0 Å². The molecule has 0 bridgehead atoms. The van der Waals surface area contributed by atoms with E-state index in [1.165, 1.54) is 12.1 Å². The van der Waals surface area contributed by atoms with Crippen molar-refractivity contribution >= 4 is 0 Å². The van der Waals surface area contributed by atoms with E-state index < -0.39 is 17.1 Å². The number of nitriles is 2. The average molecular weight is 162 g/mol. The third-order valence-corrected chi connectivity index (χ3v) is 1.35. The van der Waals surface area contributed by atoms with E-state index >= 15 is 0 Å². The number of nitrogens with zero attached hydrogens (tertiary/aromatic N) is 2. The average Bonchev–Trinajstić information content (AvgIpc) is 2.09. The summed E-state index contributed by atoms with van der Waals surface area (Å²) in [6.45, 7) is 0. The number of aromatic hydroxyl groups is 1. The molecule has 58 valence electrons. The third-order valence-electron chi connectivity index (χ3n) is 1.35. The Kier molecular flexibility index (Phi) is 1.94. The Morgan fingerprint density at radius 1 is 1.25 bits per heavy atom. The molecular weight excluding hydrogens is 159 g/mol. The lowest BCUT2D eigenvalue weighted by Gasteiger charge is -1.97. The Labute approximate surface area is 67.9 Å². The van der Waals surface area contributed by atoms with Gasteiger partial charge in [-0.3, -0.25) is 0 Å². The first-order valence-corrected chi connectivity index (χ1v) is 3.02. The summed E-state index contributed by atoms with van der Waals surface area (Å²) in [5, 5.41) is 25.6. The second-order valence-electron chi connectivity index (χ2n) is 2.04. The molecule has 1 aromatic carbocycles. The first-order valence-electron chi connectivity index (χ1n) is 3.02. The molecule has 0 heterocycles. The van der Waals surface area contributed by atoms with Gasteiger partial charge in [0.1, 0.15) is 17.7 Å². The number of halogens is 1. The minimum atomic E-state index is -1.04. The van der Waals surface area contributed by atoms with E-state index in [4.69, 9.17) is 15.6 Å². The maximum Gasteiger partial charge on any atom is 0.183 e. The maximum atomic E-state index is 12.8. The zero-order valence-electron chi connectivity index (χ0n) is 5.87. The molecule has 0 spiro atoms. The molecule has 12 heavy (non-hydrogen) atoms. The van der Waals surface area contributed by atoms with Gasteiger partial charge in [-0.25, -0.2) is 4.39 Å². The molecule has 0 aliphatic carbocycles. The van der Waals surface area contributed by atoms with Crippen LogP contribution in [0.5, 0.6) is 5.75 Å². The van der Waals surface area contributed by atoms with E-state index in [9.17, 15) is 4.39 Å². The first kappa shape index (κ1) is 8.03. The second kappa shape index (κ2) is 2.89. The summed E-state index contributed by atoms with van der Waals surface area (Å²) in [5.41, 5.74) is -0.495. The smallest absolute Gasteiger partial charge is 0.183 e. The molecule has 4 heteroatoms. The molecule has 0 saturated carbocycles. The Morgan fingerprint density at radius 3 is 2.42 bits per heavy atom. The van der Waals surface area contributed by atoms with Crippen molar-refractivity contribution in [3.8, 4) is 17.9 Å². The van der Waals surface area contributed by atoms with Gasteiger partial charge in [-0.2, -0.15) is 10.5 Å². The highest BCUT2D eigenvalue weighted by molar-refractivity contribution is 5.50. The number of hydrogen-bond acceptors (Lipinski definition) is 3. The van der Waals surface area contributed by atoms with Gasteiger partial charge in [0.25, 0.3) is 0 Å². The number of hydrogen-bond donors (Lipinski definition) is 1. The fourth-order valence-corrected chi connectivity index (χ4v) is 0.768. The second-order valence-corrected chi connectivity index (χ2v) is 2.04. The van der Waals surface area contributed by atoms with Crippen LogP contribution in [0, 0.1) is 28.5 Å². The number of rotatable bonds is 0. The van der Waals surface area contributed by atoms with Gasteiger partial charge in [0, 0.05) is 0 Å². The number of benzene rings is 1. The fraction of sp³-hybridized carbons (Fsp3) is 0. The minimum Gasteiger partial charge on any atom is -0.505 e. The first-order chi connectivity index (χ1) is 5.70. The standard InChI is InChI=1S/C8H3FN2O/c9-8-6(4-11)5(3-10)1-2-7(8)12/h1-2,12H. The third kappa shape index (κ3) is 1.06. The highest BCUT2D eigenvalue weighted by atomic mass is 19.1. The predicted octanol–water partition coefficient (Wildman–Crippen LogP) is 1.27. The van der Waals surface area contributed by atoms with Crippen molar-refractivity contribution in [2.24, 2.45) is 0 Å². The zero-order valence-corrected chi connectivity index (χ0v) is 5.87. The van der Waals surface area contributed by atoms with E-state index in [-0.39, 0.29) is 5.56 Å². The van der Waals surface area contributed by atoms with Crippen molar-refractivity contribution in [1.82, 2.24) is 0 Å². The summed E-state index contributed by atoms with van der Waals surface area (Å²) >= 11 is 0. The summed E-state index contributed by atoms with van der Waals surface area (Å²) in [6.07, 6.45) is 0. The molecule has 1 N–H and O–H groups in total. The van der Waals surface area contributed by atoms with Crippen LogP contribution in [0.3, 0.4) is 0 Å². The zero-order chi connectivity index (χ0) is 9.14. The van der Waals surface area contributed by atoms with Crippen molar-refractivity contribution in [2.45, 2.75) is 0 Å². The van der Waals surface area contributed by atoms with Crippen LogP contribution in [0.1, 0.15) is 11.1 Å². The van der Waals surface area contributed by atoms with Gasteiger partial charge in [0.2, 0.25) is 0 Å². The summed E-state index contributed by atoms with van der Waals surface area (Å²) in [7, 11) is 0. The van der Waals surface area contributed by atoms with Gasteiger partial charge in [-0.1, -0.05) is 0 Å². The molecule has 0 fully saturated rings. The van der Waals surface area contributed by atoms with E-state index in [0.29, 0.717) is 0 Å². The lowest BCUT2D eigenvalue weighted by molar-refractivity contribution is 0.431. The molecule has 0 unspecified atom stereocenters. The molecule has 0 saturated heterocycles. The Balaban J connectivity index is 3.52. The van der Waals surface area contributed by atoms with Gasteiger partial charge < -0.3 is 5.11 Å². The lowest BCUT2D eigenvalue weighted by Crippen LogP contribution is -1.89. The van der Waals surface area contributed by atoms with Crippen LogP contribution in [0.15, 0.2) is 12.1 Å². The molecule has 1 rings (SSSR count). The molecular formula is C8H3FN2O. The van der Waals surface area contributed by atoms with Gasteiger partial charge in [0.15, 0.2) is 11.6 Å². The highest BCUT2D eigenvalue weighted by Crippen LogP contribution is 2.21. The van der Waals surface area contributed by atoms with Gasteiger partial charge >= 0.3 is 0 Å². The maximum absolute atomic E-state index is 12.8. The fourth-order valence-electron chi connectivity index (χ4n) is 0.768. The Morgan fingerprint density at radius 2 is 1.92 bits per heavy atom. The molecule has 3 nitrogen and oxygen atoms in total. The van der Waals surface area contributed by atoms with Crippen LogP contribution < -0.4 is 0 Å². The van der Waals surface area contributed by atoms with Gasteiger partial charge in [0.05, 0.1) is 5.56 Å². The van der Waals surface area contributed by atoms with E-state index in [1.807, 2.05) is 0 Å². The lowest BCUT2D eigenvalue weighted by atomic mass is 10.1. The minimum absolute atomic E-state index is 0.0761. The predicted molar refractivity (Wildman–Crippen MR) is 37.5 cm³/mol. The Bertz CT molecular complexity index is 401. The Hall–Kier alpha value is -2.07. The topological polar surface area (TPSA) is 67.8 Å². The summed E-state index contributed by atoms with van der Waals surface area (Å²) in [6, 6.07) is 5.37. The molecule has 1 aromatic rings. The SMILES string of the molecule is N#Cc1ccc(O)c(F)c1C#N. The highest BCUT2D eigenvalue weighted by Gasteiger charge is 2.11. The molecule has 0 radical (unpaired) electrons. The number of phenols is 1. The normalized spacial score (nSPS) is 8.58. The number of phenolic OH excluding ortho intramolecular Hbond substituents is 1. The van der Waals surface area contributed by atoms with Crippen LogP contribution in [0.2, 0.25) is 0 Å². The van der Waals surface area contributed by atoms with Crippen molar-refractivity contribution < 1.29 is 9.50 Å². The molecule has 0 aliphatic rings. The van der Waals surface area contributed by atoms with Crippen LogP contribution in [0.4, 0.5) is 4.39 Å². The summed E-state index contributed by atoms with van der Waals surface area (Å²) < 4.78 is 12.8. The van der Waals surface area contributed by atoms with Crippen LogP contribution in [-0.4, -0.2) is 5.11 Å². The molecule has 0 aliphatic heterocycles. The van der Waals surface area contributed by atoms with E-state index in [1.54, 1.807) is 6.07 Å².